The van der Waals surface area contributed by atoms with E-state index >= 15 is 0 Å². The van der Waals surface area contributed by atoms with E-state index in [9.17, 15) is 18.0 Å². The van der Waals surface area contributed by atoms with E-state index in [0.717, 1.165) is 17.6 Å². The molecule has 140 valence electrons. The second-order valence-electron chi connectivity index (χ2n) is 5.51. The molecule has 13 heteroatoms. The molecule has 0 N–H and O–H groups in total. The third-order valence-corrected chi connectivity index (χ3v) is 6.00. The standard InChI is InChI=1S/C13H16N6O5S2/c1-26(22,23)18-5-3-17(4-6-18)11(20)8-24-13(21)12-10(2-7-25-12)19-9-14-15-16-19/h2,7,9H,3-6,8H2,1H3. The van der Waals surface area contributed by atoms with Crippen LogP contribution >= 0.6 is 11.3 Å². The van der Waals surface area contributed by atoms with Crippen LogP contribution in [-0.2, 0) is 19.6 Å². The Morgan fingerprint density at radius 2 is 2.00 bits per heavy atom. The first-order chi connectivity index (χ1) is 12.4. The van der Waals surface area contributed by atoms with Gasteiger partial charge in [0.2, 0.25) is 10.0 Å². The second-order valence-corrected chi connectivity index (χ2v) is 8.41. The maximum atomic E-state index is 12.2. The Balaban J connectivity index is 1.54. The van der Waals surface area contributed by atoms with E-state index in [4.69, 9.17) is 4.74 Å². The molecule has 1 amide bonds. The number of tetrazole rings is 1. The number of amides is 1. The highest BCUT2D eigenvalue weighted by Gasteiger charge is 2.27. The van der Waals surface area contributed by atoms with Gasteiger partial charge >= 0.3 is 5.97 Å². The summed E-state index contributed by atoms with van der Waals surface area (Å²) < 4.78 is 30.7. The first kappa shape index (κ1) is 18.4. The summed E-state index contributed by atoms with van der Waals surface area (Å²) in [5.74, 6) is -1.01. The van der Waals surface area contributed by atoms with Crippen molar-refractivity contribution in [3.05, 3.63) is 22.7 Å². The number of nitrogens with zero attached hydrogens (tertiary/aromatic N) is 6. The molecular formula is C13H16N6O5S2. The van der Waals surface area contributed by atoms with Crippen molar-refractivity contribution < 1.29 is 22.7 Å². The maximum absolute atomic E-state index is 12.2. The van der Waals surface area contributed by atoms with Crippen molar-refractivity contribution in [3.8, 4) is 5.69 Å². The molecule has 3 heterocycles. The monoisotopic (exact) mass is 400 g/mol. The molecule has 2 aromatic rings. The van der Waals surface area contributed by atoms with Crippen molar-refractivity contribution in [2.45, 2.75) is 0 Å². The van der Waals surface area contributed by atoms with Crippen LogP contribution in [0.15, 0.2) is 17.8 Å². The van der Waals surface area contributed by atoms with Gasteiger partial charge in [0.15, 0.2) is 6.61 Å². The van der Waals surface area contributed by atoms with E-state index in [-0.39, 0.29) is 37.0 Å². The van der Waals surface area contributed by atoms with Gasteiger partial charge in [0, 0.05) is 26.2 Å². The van der Waals surface area contributed by atoms with Crippen LogP contribution in [0.25, 0.3) is 5.69 Å². The predicted octanol–water partition coefficient (Wildman–Crippen LogP) is -1.02. The Hall–Kier alpha value is -2.38. The Morgan fingerprint density at radius 1 is 1.27 bits per heavy atom. The molecule has 0 unspecified atom stereocenters. The summed E-state index contributed by atoms with van der Waals surface area (Å²) in [5, 5.41) is 12.4. The minimum atomic E-state index is -3.26. The lowest BCUT2D eigenvalue weighted by Gasteiger charge is -2.33. The van der Waals surface area contributed by atoms with Crippen molar-refractivity contribution in [3.63, 3.8) is 0 Å². The SMILES string of the molecule is CS(=O)(=O)N1CCN(C(=O)COC(=O)c2sccc2-n2cnnn2)CC1. The zero-order valence-corrected chi connectivity index (χ0v) is 15.4. The maximum Gasteiger partial charge on any atom is 0.351 e. The second kappa shape index (κ2) is 7.47. The Kier molecular flexibility index (Phi) is 5.29. The Labute approximate surface area is 153 Å². The molecule has 11 nitrogen and oxygen atoms in total. The Bertz CT molecular complexity index is 886. The van der Waals surface area contributed by atoms with Gasteiger partial charge in [-0.05, 0) is 21.9 Å². The molecule has 0 radical (unpaired) electrons. The van der Waals surface area contributed by atoms with Gasteiger partial charge in [-0.1, -0.05) is 0 Å². The van der Waals surface area contributed by atoms with E-state index in [0.29, 0.717) is 5.69 Å². The molecule has 0 spiro atoms. The summed E-state index contributed by atoms with van der Waals surface area (Å²) in [5.41, 5.74) is 0.471. The Morgan fingerprint density at radius 3 is 2.62 bits per heavy atom. The van der Waals surface area contributed by atoms with E-state index in [1.54, 1.807) is 11.4 Å². The van der Waals surface area contributed by atoms with E-state index in [1.807, 2.05) is 0 Å². The zero-order chi connectivity index (χ0) is 18.7. The molecule has 1 saturated heterocycles. The first-order valence-electron chi connectivity index (χ1n) is 7.57. The lowest BCUT2D eigenvalue weighted by Crippen LogP contribution is -2.51. The molecule has 1 aliphatic rings. The molecule has 0 saturated carbocycles. The summed E-state index contributed by atoms with van der Waals surface area (Å²) in [6.07, 6.45) is 2.49. The van der Waals surface area contributed by atoms with Gasteiger partial charge in [-0.15, -0.1) is 16.4 Å². The average molecular weight is 400 g/mol. The molecule has 0 aromatic carbocycles. The van der Waals surface area contributed by atoms with E-state index < -0.39 is 22.6 Å². The van der Waals surface area contributed by atoms with Gasteiger partial charge < -0.3 is 9.64 Å². The number of thiophene rings is 1. The zero-order valence-electron chi connectivity index (χ0n) is 13.8. The number of carbonyl (C=O) groups excluding carboxylic acids is 2. The van der Waals surface area contributed by atoms with Gasteiger partial charge in [-0.2, -0.15) is 8.99 Å². The number of esters is 1. The van der Waals surface area contributed by atoms with Crippen molar-refractivity contribution in [2.24, 2.45) is 0 Å². The van der Waals surface area contributed by atoms with Crippen LogP contribution in [0.2, 0.25) is 0 Å². The number of carbonyl (C=O) groups is 2. The molecule has 0 aliphatic carbocycles. The molecule has 3 rings (SSSR count). The van der Waals surface area contributed by atoms with Crippen LogP contribution in [0.5, 0.6) is 0 Å². The fourth-order valence-corrected chi connectivity index (χ4v) is 4.06. The predicted molar refractivity (Wildman–Crippen MR) is 90.3 cm³/mol. The van der Waals surface area contributed by atoms with E-state index in [1.165, 1.54) is 20.2 Å². The number of aromatic nitrogens is 4. The molecule has 1 aliphatic heterocycles. The van der Waals surface area contributed by atoms with Gasteiger partial charge in [-0.3, -0.25) is 4.79 Å². The molecular weight excluding hydrogens is 384 g/mol. The number of piperazine rings is 1. The highest BCUT2D eigenvalue weighted by atomic mass is 32.2. The van der Waals surface area contributed by atoms with Gasteiger partial charge in [0.05, 0.1) is 11.9 Å². The lowest BCUT2D eigenvalue weighted by molar-refractivity contribution is -0.135. The average Bonchev–Trinajstić information content (AvgIpc) is 3.29. The largest absolute Gasteiger partial charge is 0.451 e. The summed E-state index contributed by atoms with van der Waals surface area (Å²) in [4.78, 5) is 26.2. The highest BCUT2D eigenvalue weighted by molar-refractivity contribution is 7.88. The third-order valence-electron chi connectivity index (χ3n) is 3.81. The summed E-state index contributed by atoms with van der Waals surface area (Å²) in [7, 11) is -3.26. The quantitative estimate of drug-likeness (QED) is 0.584. The van der Waals surface area contributed by atoms with E-state index in [2.05, 4.69) is 15.5 Å². The molecule has 2 aromatic heterocycles. The highest BCUT2D eigenvalue weighted by Crippen LogP contribution is 2.21. The van der Waals surface area contributed by atoms with Crippen molar-refractivity contribution in [2.75, 3.05) is 39.0 Å². The van der Waals surface area contributed by atoms with Gasteiger partial charge in [0.1, 0.15) is 11.2 Å². The number of hydrogen-bond acceptors (Lipinski definition) is 9. The molecule has 1 fully saturated rings. The minimum absolute atomic E-state index is 0.229. The smallest absolute Gasteiger partial charge is 0.351 e. The van der Waals surface area contributed by atoms with Crippen LogP contribution < -0.4 is 0 Å². The fraction of sp³-hybridized carbons (Fsp3) is 0.462. The lowest BCUT2D eigenvalue weighted by atomic mass is 10.3. The molecule has 0 bridgehead atoms. The number of ether oxygens (including phenoxy) is 1. The molecule has 26 heavy (non-hydrogen) atoms. The van der Waals surface area contributed by atoms with Crippen molar-refractivity contribution in [1.29, 1.82) is 0 Å². The number of hydrogen-bond donors (Lipinski definition) is 0. The topological polar surface area (TPSA) is 128 Å². The number of sulfonamides is 1. The summed E-state index contributed by atoms with van der Waals surface area (Å²) in [6.45, 7) is 0.571. The molecule has 0 atom stereocenters. The summed E-state index contributed by atoms with van der Waals surface area (Å²) in [6, 6.07) is 1.67. The van der Waals surface area contributed by atoms with Gasteiger partial charge in [-0.25, -0.2) is 13.2 Å². The summed E-state index contributed by atoms with van der Waals surface area (Å²) >= 11 is 1.16. The normalized spacial score (nSPS) is 15.8. The third kappa shape index (κ3) is 4.05. The van der Waals surface area contributed by atoms with Crippen LogP contribution in [-0.4, -0.2) is 88.7 Å². The van der Waals surface area contributed by atoms with Crippen molar-refractivity contribution >= 4 is 33.2 Å². The van der Waals surface area contributed by atoms with Crippen LogP contribution in [0.1, 0.15) is 9.67 Å². The van der Waals surface area contributed by atoms with Crippen LogP contribution in [0.4, 0.5) is 0 Å². The number of rotatable bonds is 5. The van der Waals surface area contributed by atoms with Gasteiger partial charge in [0.25, 0.3) is 5.91 Å². The fourth-order valence-electron chi connectivity index (χ4n) is 2.46. The van der Waals surface area contributed by atoms with Crippen molar-refractivity contribution in [1.82, 2.24) is 29.4 Å². The minimum Gasteiger partial charge on any atom is -0.451 e. The van der Waals surface area contributed by atoms with Crippen LogP contribution in [0.3, 0.4) is 0 Å². The van der Waals surface area contributed by atoms with Crippen LogP contribution in [0, 0.1) is 0 Å². The first-order valence-corrected chi connectivity index (χ1v) is 10.3.